The Morgan fingerprint density at radius 2 is 2.00 bits per heavy atom. The maximum atomic E-state index is 13.3. The number of aromatic hydroxyl groups is 1. The average Bonchev–Trinajstić information content (AvgIpc) is 3.15. The molecule has 3 rings (SSSR count). The summed E-state index contributed by atoms with van der Waals surface area (Å²) < 4.78 is 5.19. The lowest BCUT2D eigenvalue weighted by Crippen LogP contribution is -2.56. The van der Waals surface area contributed by atoms with Crippen LogP contribution in [0.5, 0.6) is 11.5 Å². The maximum absolute atomic E-state index is 13.3. The SMILES string of the molecule is CCCCN1C(=O)[C@@H]2[C@H](c3cccc(OC)c3O)N[C@@](CC(C)C)(C(=O)O)[C@H]2C1=O. The van der Waals surface area contributed by atoms with Gasteiger partial charge >= 0.3 is 5.97 Å². The molecular weight excluding hydrogens is 388 g/mol. The molecule has 2 amide bonds. The van der Waals surface area contributed by atoms with Crippen molar-refractivity contribution in [2.45, 2.75) is 51.6 Å². The molecule has 0 unspecified atom stereocenters. The Morgan fingerprint density at radius 3 is 2.57 bits per heavy atom. The summed E-state index contributed by atoms with van der Waals surface area (Å²) in [6.45, 7) is 6.00. The first kappa shape index (κ1) is 22.1. The van der Waals surface area contributed by atoms with Gasteiger partial charge in [0.2, 0.25) is 11.8 Å². The van der Waals surface area contributed by atoms with Gasteiger partial charge in [-0.15, -0.1) is 0 Å². The second kappa shape index (κ2) is 8.26. The number of aliphatic carboxylic acids is 1. The minimum atomic E-state index is -1.59. The molecule has 30 heavy (non-hydrogen) atoms. The van der Waals surface area contributed by atoms with Crippen molar-refractivity contribution in [1.82, 2.24) is 10.2 Å². The number of ether oxygens (including phenoxy) is 1. The molecule has 4 atom stereocenters. The number of carboxylic acids is 1. The predicted molar refractivity (Wildman–Crippen MR) is 109 cm³/mol. The highest BCUT2D eigenvalue weighted by atomic mass is 16.5. The number of hydrogen-bond acceptors (Lipinski definition) is 6. The van der Waals surface area contributed by atoms with E-state index < -0.39 is 35.3 Å². The van der Waals surface area contributed by atoms with E-state index in [1.807, 2.05) is 20.8 Å². The van der Waals surface area contributed by atoms with Gasteiger partial charge in [0.15, 0.2) is 11.5 Å². The summed E-state index contributed by atoms with van der Waals surface area (Å²) >= 11 is 0. The van der Waals surface area contributed by atoms with Crippen molar-refractivity contribution < 1.29 is 29.3 Å². The standard InChI is InChI=1S/C22H30N2O6/c1-5-6-10-24-19(26)15-16(20(24)27)22(21(28)29,11-12(2)3)23-17(15)13-8-7-9-14(30-4)18(13)25/h7-9,12,15-17,23,25H,5-6,10-11H2,1-4H3,(H,28,29)/t15-,16+,17-,22+/m0/s1. The van der Waals surface area contributed by atoms with Crippen LogP contribution in [0.1, 0.15) is 51.6 Å². The van der Waals surface area contributed by atoms with Crippen molar-refractivity contribution >= 4 is 17.8 Å². The van der Waals surface area contributed by atoms with E-state index >= 15 is 0 Å². The van der Waals surface area contributed by atoms with Gasteiger partial charge in [-0.2, -0.15) is 0 Å². The van der Waals surface area contributed by atoms with Gasteiger partial charge in [-0.3, -0.25) is 24.6 Å². The van der Waals surface area contributed by atoms with Crippen LogP contribution in [0.2, 0.25) is 0 Å². The summed E-state index contributed by atoms with van der Waals surface area (Å²) in [5, 5.41) is 24.0. The largest absolute Gasteiger partial charge is 0.504 e. The molecule has 2 aliphatic rings. The number of para-hydroxylation sites is 1. The highest BCUT2D eigenvalue weighted by molar-refractivity contribution is 6.09. The zero-order valence-electron chi connectivity index (χ0n) is 17.8. The van der Waals surface area contributed by atoms with Crippen LogP contribution in [0, 0.1) is 17.8 Å². The minimum absolute atomic E-state index is 0.0282. The van der Waals surface area contributed by atoms with E-state index in [9.17, 15) is 24.6 Å². The Kier molecular flexibility index (Phi) is 6.08. The van der Waals surface area contributed by atoms with Crippen LogP contribution in [0.4, 0.5) is 0 Å². The minimum Gasteiger partial charge on any atom is -0.504 e. The Bertz CT molecular complexity index is 854. The zero-order chi connectivity index (χ0) is 22.2. The third-order valence-electron chi connectivity index (χ3n) is 6.18. The van der Waals surface area contributed by atoms with Gasteiger partial charge in [-0.1, -0.05) is 39.3 Å². The number of phenolic OH excluding ortho intramolecular Hbond substituents is 1. The van der Waals surface area contributed by atoms with Gasteiger partial charge in [0, 0.05) is 18.2 Å². The summed E-state index contributed by atoms with van der Waals surface area (Å²) in [4.78, 5) is 40.4. The quantitative estimate of drug-likeness (QED) is 0.555. The third-order valence-corrected chi connectivity index (χ3v) is 6.18. The number of benzene rings is 1. The van der Waals surface area contributed by atoms with Crippen LogP contribution in [0.15, 0.2) is 18.2 Å². The first-order valence-corrected chi connectivity index (χ1v) is 10.4. The molecule has 0 aromatic heterocycles. The molecule has 164 valence electrons. The Labute approximate surface area is 176 Å². The Morgan fingerprint density at radius 1 is 1.30 bits per heavy atom. The summed E-state index contributed by atoms with van der Waals surface area (Å²) in [6.07, 6.45) is 1.65. The van der Waals surface area contributed by atoms with Crippen molar-refractivity contribution in [1.29, 1.82) is 0 Å². The smallest absolute Gasteiger partial charge is 0.324 e. The lowest BCUT2D eigenvalue weighted by molar-refractivity contribution is -0.152. The number of unbranched alkanes of at least 4 members (excludes halogenated alkanes) is 1. The van der Waals surface area contributed by atoms with Crippen LogP contribution < -0.4 is 10.1 Å². The van der Waals surface area contributed by atoms with Crippen molar-refractivity contribution in [2.75, 3.05) is 13.7 Å². The molecule has 2 aliphatic heterocycles. The number of amides is 2. The van der Waals surface area contributed by atoms with Crippen LogP contribution in [0.3, 0.4) is 0 Å². The number of carbonyl (C=O) groups is 3. The van der Waals surface area contributed by atoms with Gasteiger partial charge in [0.05, 0.1) is 18.9 Å². The molecule has 3 N–H and O–H groups in total. The van der Waals surface area contributed by atoms with Crippen LogP contribution in [-0.2, 0) is 14.4 Å². The number of carbonyl (C=O) groups excluding carboxylic acids is 2. The highest BCUT2D eigenvalue weighted by Gasteiger charge is 2.68. The molecule has 0 saturated carbocycles. The number of methoxy groups -OCH3 is 1. The molecule has 1 aromatic carbocycles. The zero-order valence-corrected chi connectivity index (χ0v) is 17.8. The van der Waals surface area contributed by atoms with Gasteiger partial charge in [-0.25, -0.2) is 0 Å². The average molecular weight is 418 g/mol. The number of nitrogens with one attached hydrogen (secondary N) is 1. The summed E-state index contributed by atoms with van der Waals surface area (Å²) in [5.74, 6) is -3.88. The van der Waals surface area contributed by atoms with Crippen molar-refractivity contribution in [2.24, 2.45) is 17.8 Å². The monoisotopic (exact) mass is 418 g/mol. The number of likely N-dealkylation sites (tertiary alicyclic amines) is 1. The van der Waals surface area contributed by atoms with Gasteiger partial charge < -0.3 is 14.9 Å². The topological polar surface area (TPSA) is 116 Å². The lowest BCUT2D eigenvalue weighted by atomic mass is 9.75. The number of fused-ring (bicyclic) bond motifs is 1. The van der Waals surface area contributed by atoms with Crippen molar-refractivity contribution in [3.8, 4) is 11.5 Å². The first-order valence-electron chi connectivity index (χ1n) is 10.4. The first-order chi connectivity index (χ1) is 14.2. The second-order valence-corrected chi connectivity index (χ2v) is 8.58. The van der Waals surface area contributed by atoms with E-state index in [0.717, 1.165) is 6.42 Å². The van der Waals surface area contributed by atoms with Crippen LogP contribution in [-0.4, -0.2) is 52.1 Å². The van der Waals surface area contributed by atoms with E-state index in [0.29, 0.717) is 12.0 Å². The van der Waals surface area contributed by atoms with Crippen molar-refractivity contribution in [3.63, 3.8) is 0 Å². The Balaban J connectivity index is 2.15. The number of carboxylic acid groups (broad SMARTS) is 1. The fourth-order valence-corrected chi connectivity index (χ4v) is 4.94. The molecular formula is C22H30N2O6. The molecule has 8 heteroatoms. The van der Waals surface area contributed by atoms with Crippen LogP contribution >= 0.6 is 0 Å². The van der Waals surface area contributed by atoms with Gasteiger partial charge in [-0.05, 0) is 24.8 Å². The summed E-state index contributed by atoms with van der Waals surface area (Å²) in [7, 11) is 1.42. The number of rotatable bonds is 8. The fourth-order valence-electron chi connectivity index (χ4n) is 4.94. The highest BCUT2D eigenvalue weighted by Crippen LogP contribution is 2.53. The molecule has 2 fully saturated rings. The van der Waals surface area contributed by atoms with Crippen LogP contribution in [0.25, 0.3) is 0 Å². The third kappa shape index (κ3) is 3.33. The maximum Gasteiger partial charge on any atom is 0.324 e. The van der Waals surface area contributed by atoms with Gasteiger partial charge in [0.1, 0.15) is 5.54 Å². The van der Waals surface area contributed by atoms with E-state index in [4.69, 9.17) is 4.74 Å². The van der Waals surface area contributed by atoms with E-state index in [-0.39, 0.29) is 36.3 Å². The van der Waals surface area contributed by atoms with Crippen molar-refractivity contribution in [3.05, 3.63) is 23.8 Å². The van der Waals surface area contributed by atoms with E-state index in [1.165, 1.54) is 12.0 Å². The molecule has 0 spiro atoms. The molecule has 2 heterocycles. The molecule has 0 bridgehead atoms. The Hall–Kier alpha value is -2.61. The van der Waals surface area contributed by atoms with Gasteiger partial charge in [0.25, 0.3) is 0 Å². The summed E-state index contributed by atoms with van der Waals surface area (Å²) in [5.41, 5.74) is -1.23. The summed E-state index contributed by atoms with van der Waals surface area (Å²) in [6, 6.07) is 4.07. The number of imide groups is 1. The van der Waals surface area contributed by atoms with E-state index in [2.05, 4.69) is 5.32 Å². The molecule has 2 saturated heterocycles. The molecule has 0 radical (unpaired) electrons. The number of nitrogens with zero attached hydrogens (tertiary/aromatic N) is 1. The molecule has 0 aliphatic carbocycles. The normalized spacial score (nSPS) is 28.3. The fraction of sp³-hybridized carbons (Fsp3) is 0.591. The lowest BCUT2D eigenvalue weighted by Gasteiger charge is -2.32. The number of phenols is 1. The number of hydrogen-bond donors (Lipinski definition) is 3. The second-order valence-electron chi connectivity index (χ2n) is 8.58. The predicted octanol–water partition coefficient (Wildman–Crippen LogP) is 2.32. The van der Waals surface area contributed by atoms with E-state index in [1.54, 1.807) is 18.2 Å². The molecule has 1 aromatic rings. The molecule has 8 nitrogen and oxygen atoms in total.